The molecule has 1 unspecified atom stereocenters. The molecule has 2 aromatic carbocycles. The van der Waals surface area contributed by atoms with Gasteiger partial charge in [-0.1, -0.05) is 23.7 Å². The molecule has 2 aromatic rings. The van der Waals surface area contributed by atoms with E-state index in [2.05, 4.69) is 0 Å². The summed E-state index contributed by atoms with van der Waals surface area (Å²) in [5.74, 6) is 0.0883. The Morgan fingerprint density at radius 1 is 1.03 bits per heavy atom. The summed E-state index contributed by atoms with van der Waals surface area (Å²) in [6.45, 7) is 2.51. The fourth-order valence-corrected chi connectivity index (χ4v) is 5.21. The smallest absolute Gasteiger partial charge is 0.255 e. The van der Waals surface area contributed by atoms with Gasteiger partial charge in [-0.3, -0.25) is 9.59 Å². The number of benzene rings is 2. The van der Waals surface area contributed by atoms with E-state index < -0.39 is 5.82 Å². The monoisotopic (exact) mass is 462 g/mol. The van der Waals surface area contributed by atoms with Gasteiger partial charge in [-0.15, -0.1) is 11.8 Å². The van der Waals surface area contributed by atoms with Gasteiger partial charge in [-0.25, -0.2) is 4.39 Å². The van der Waals surface area contributed by atoms with Gasteiger partial charge in [-0.05, 0) is 43.2 Å². The molecule has 8 heteroatoms. The Bertz CT molecular complexity index is 960. The summed E-state index contributed by atoms with van der Waals surface area (Å²) in [6, 6.07) is 11.4. The average molecular weight is 463 g/mol. The zero-order valence-electron chi connectivity index (χ0n) is 17.1. The summed E-state index contributed by atoms with van der Waals surface area (Å²) in [6.07, 6.45) is 2.41. The molecule has 0 aromatic heterocycles. The Kier molecular flexibility index (Phi) is 7.15. The number of hydrogen-bond donors (Lipinski definition) is 0. The number of ether oxygens (including phenoxy) is 1. The van der Waals surface area contributed by atoms with Gasteiger partial charge in [-0.2, -0.15) is 0 Å². The van der Waals surface area contributed by atoms with Crippen molar-refractivity contribution < 1.29 is 18.7 Å². The Balaban J connectivity index is 1.37. The van der Waals surface area contributed by atoms with Gasteiger partial charge in [0.1, 0.15) is 5.82 Å². The molecule has 2 saturated heterocycles. The summed E-state index contributed by atoms with van der Waals surface area (Å²) in [7, 11) is 0. The Morgan fingerprint density at radius 3 is 2.35 bits per heavy atom. The van der Waals surface area contributed by atoms with Crippen LogP contribution in [-0.4, -0.2) is 66.3 Å². The van der Waals surface area contributed by atoms with E-state index in [-0.39, 0.29) is 28.5 Å². The first-order valence-corrected chi connectivity index (χ1v) is 11.8. The quantitative estimate of drug-likeness (QED) is 0.620. The molecular weight excluding hydrogens is 439 g/mol. The van der Waals surface area contributed by atoms with Crippen LogP contribution in [0.3, 0.4) is 0 Å². The molecule has 2 aliphatic rings. The Labute approximate surface area is 190 Å². The predicted molar refractivity (Wildman–Crippen MR) is 119 cm³/mol. The molecule has 4 rings (SSSR count). The van der Waals surface area contributed by atoms with Crippen LogP contribution >= 0.6 is 23.4 Å². The second-order valence-electron chi connectivity index (χ2n) is 7.65. The summed E-state index contributed by atoms with van der Waals surface area (Å²) >= 11 is 7.69. The van der Waals surface area contributed by atoms with Gasteiger partial charge in [0, 0.05) is 43.4 Å². The van der Waals surface area contributed by atoms with Gasteiger partial charge in [0.05, 0.1) is 22.3 Å². The molecule has 5 nitrogen and oxygen atoms in total. The van der Waals surface area contributed by atoms with Gasteiger partial charge >= 0.3 is 0 Å². The highest BCUT2D eigenvalue weighted by molar-refractivity contribution is 7.99. The van der Waals surface area contributed by atoms with Crippen molar-refractivity contribution >= 4 is 35.2 Å². The first-order chi connectivity index (χ1) is 15.0. The minimum atomic E-state index is -0.479. The molecule has 0 saturated carbocycles. The third-order valence-corrected chi connectivity index (χ3v) is 7.10. The zero-order chi connectivity index (χ0) is 21.8. The van der Waals surface area contributed by atoms with Crippen LogP contribution in [-0.2, 0) is 4.74 Å². The number of thioether (sulfide) groups is 1. The van der Waals surface area contributed by atoms with E-state index in [1.807, 2.05) is 24.3 Å². The summed E-state index contributed by atoms with van der Waals surface area (Å²) in [4.78, 5) is 30.3. The van der Waals surface area contributed by atoms with Crippen molar-refractivity contribution in [2.24, 2.45) is 0 Å². The van der Waals surface area contributed by atoms with Crippen LogP contribution < -0.4 is 0 Å². The number of carbonyl (C=O) groups is 2. The third kappa shape index (κ3) is 5.22. The Morgan fingerprint density at radius 2 is 1.71 bits per heavy atom. The molecule has 2 fully saturated rings. The number of rotatable bonds is 5. The fraction of sp³-hybridized carbons (Fsp3) is 0.391. The molecule has 0 aliphatic carbocycles. The summed E-state index contributed by atoms with van der Waals surface area (Å²) in [5, 5.41) is 0.0979. The topological polar surface area (TPSA) is 49.9 Å². The molecule has 31 heavy (non-hydrogen) atoms. The lowest BCUT2D eigenvalue weighted by atomic mass is 10.1. The molecule has 0 N–H and O–H groups in total. The average Bonchev–Trinajstić information content (AvgIpc) is 3.31. The van der Waals surface area contributed by atoms with Crippen molar-refractivity contribution in [2.45, 2.75) is 23.8 Å². The fourth-order valence-electron chi connectivity index (χ4n) is 3.84. The lowest BCUT2D eigenvalue weighted by molar-refractivity contribution is 0.0533. The summed E-state index contributed by atoms with van der Waals surface area (Å²) in [5.41, 5.74) is 0.963. The summed E-state index contributed by atoms with van der Waals surface area (Å²) < 4.78 is 19.0. The first-order valence-electron chi connectivity index (χ1n) is 10.4. The van der Waals surface area contributed by atoms with Crippen LogP contribution in [0.5, 0.6) is 0 Å². The first kappa shape index (κ1) is 22.1. The van der Waals surface area contributed by atoms with Crippen LogP contribution in [0.25, 0.3) is 0 Å². The van der Waals surface area contributed by atoms with Crippen LogP contribution in [0.4, 0.5) is 4.39 Å². The van der Waals surface area contributed by atoms with E-state index in [4.69, 9.17) is 16.3 Å². The lowest BCUT2D eigenvalue weighted by Gasteiger charge is -2.35. The SMILES string of the molecule is O=C(c1ccc(F)cc1Cl)N1CCN(C(=O)c2ccccc2SCC2CCCO2)CC1. The van der Waals surface area contributed by atoms with Crippen LogP contribution in [0.15, 0.2) is 47.4 Å². The van der Waals surface area contributed by atoms with Crippen LogP contribution in [0.2, 0.25) is 5.02 Å². The minimum absolute atomic E-state index is 0.0256. The molecule has 2 heterocycles. The van der Waals surface area contributed by atoms with E-state index in [1.54, 1.807) is 21.6 Å². The van der Waals surface area contributed by atoms with Crippen LogP contribution in [0, 0.1) is 5.82 Å². The van der Waals surface area contributed by atoms with E-state index >= 15 is 0 Å². The number of piperazine rings is 1. The van der Waals surface area contributed by atoms with Crippen LogP contribution in [0.1, 0.15) is 33.6 Å². The maximum atomic E-state index is 13.3. The highest BCUT2D eigenvalue weighted by Crippen LogP contribution is 2.28. The second kappa shape index (κ2) is 10.0. The molecule has 1 atom stereocenters. The molecule has 164 valence electrons. The molecule has 0 bridgehead atoms. The normalized spacial score (nSPS) is 19.0. The van der Waals surface area contributed by atoms with E-state index in [1.165, 1.54) is 12.1 Å². The number of carbonyl (C=O) groups excluding carboxylic acids is 2. The number of amides is 2. The maximum Gasteiger partial charge on any atom is 0.255 e. The van der Waals surface area contributed by atoms with Crippen molar-refractivity contribution in [1.82, 2.24) is 9.80 Å². The third-order valence-electron chi connectivity index (χ3n) is 5.58. The zero-order valence-corrected chi connectivity index (χ0v) is 18.6. The minimum Gasteiger partial charge on any atom is -0.377 e. The highest BCUT2D eigenvalue weighted by Gasteiger charge is 2.28. The van der Waals surface area contributed by atoms with Gasteiger partial charge in [0.15, 0.2) is 0 Å². The highest BCUT2D eigenvalue weighted by atomic mass is 35.5. The standard InChI is InChI=1S/C23H24ClFN2O3S/c24-20-14-16(25)7-8-18(20)22(28)26-9-11-27(12-10-26)23(29)19-5-1-2-6-21(19)31-15-17-4-3-13-30-17/h1-2,5-8,14,17H,3-4,9-13,15H2. The van der Waals surface area contributed by atoms with Crippen molar-refractivity contribution in [3.63, 3.8) is 0 Å². The van der Waals surface area contributed by atoms with Crippen molar-refractivity contribution in [3.05, 3.63) is 64.4 Å². The van der Waals surface area contributed by atoms with Crippen molar-refractivity contribution in [3.8, 4) is 0 Å². The van der Waals surface area contributed by atoms with Crippen molar-refractivity contribution in [2.75, 3.05) is 38.5 Å². The number of hydrogen-bond acceptors (Lipinski definition) is 4. The molecule has 0 spiro atoms. The van der Waals surface area contributed by atoms with Crippen molar-refractivity contribution in [1.29, 1.82) is 0 Å². The van der Waals surface area contributed by atoms with E-state index in [0.29, 0.717) is 31.7 Å². The lowest BCUT2D eigenvalue weighted by Crippen LogP contribution is -2.50. The second-order valence-corrected chi connectivity index (χ2v) is 9.12. The molecule has 0 radical (unpaired) electrons. The van der Waals surface area contributed by atoms with E-state index in [9.17, 15) is 14.0 Å². The van der Waals surface area contributed by atoms with Gasteiger partial charge in [0.2, 0.25) is 0 Å². The number of nitrogens with zero attached hydrogens (tertiary/aromatic N) is 2. The van der Waals surface area contributed by atoms with E-state index in [0.717, 1.165) is 36.2 Å². The number of halogens is 2. The molecular formula is C23H24ClFN2O3S. The maximum absolute atomic E-state index is 13.3. The molecule has 2 aliphatic heterocycles. The van der Waals surface area contributed by atoms with Gasteiger partial charge in [0.25, 0.3) is 11.8 Å². The predicted octanol–water partition coefficient (Wildman–Crippen LogP) is 4.35. The van der Waals surface area contributed by atoms with Gasteiger partial charge < -0.3 is 14.5 Å². The molecule has 2 amide bonds. The Hall–Kier alpha value is -2.09. The largest absolute Gasteiger partial charge is 0.377 e.